The summed E-state index contributed by atoms with van der Waals surface area (Å²) >= 11 is 0. The summed E-state index contributed by atoms with van der Waals surface area (Å²) < 4.78 is 0. The van der Waals surface area contributed by atoms with E-state index in [0.29, 0.717) is 6.54 Å². The van der Waals surface area contributed by atoms with Gasteiger partial charge in [0.1, 0.15) is 0 Å². The van der Waals surface area contributed by atoms with Crippen molar-refractivity contribution in [2.24, 2.45) is 5.41 Å². The van der Waals surface area contributed by atoms with Gasteiger partial charge in [0.25, 0.3) is 0 Å². The third-order valence-corrected chi connectivity index (χ3v) is 3.72. The number of anilines is 1. The van der Waals surface area contributed by atoms with Gasteiger partial charge in [0.15, 0.2) is 0 Å². The first-order chi connectivity index (χ1) is 11.4. The van der Waals surface area contributed by atoms with Crippen LogP contribution in [0.15, 0.2) is 61.2 Å². The molecule has 3 heteroatoms. The molecule has 1 amide bonds. The monoisotopic (exact) mass is 322 g/mol. The van der Waals surface area contributed by atoms with Gasteiger partial charge in [-0.15, -0.1) is 0 Å². The Labute approximate surface area is 144 Å². The first-order valence-corrected chi connectivity index (χ1v) is 8.20. The van der Waals surface area contributed by atoms with Crippen molar-refractivity contribution in [2.75, 3.05) is 11.9 Å². The minimum absolute atomic E-state index is 0.00691. The number of rotatable bonds is 6. The Bertz CT molecular complexity index is 699. The quantitative estimate of drug-likeness (QED) is 0.823. The van der Waals surface area contributed by atoms with Gasteiger partial charge in [-0.05, 0) is 28.8 Å². The molecule has 2 aromatic carbocycles. The summed E-state index contributed by atoms with van der Waals surface area (Å²) in [6, 6.07) is 18.1. The molecule has 3 nitrogen and oxygen atoms in total. The number of hydrogen-bond donors (Lipinski definition) is 2. The normalized spacial score (nSPS) is 11.1. The smallest absolute Gasteiger partial charge is 0.229 e. The van der Waals surface area contributed by atoms with Gasteiger partial charge in [-0.2, -0.15) is 0 Å². The van der Waals surface area contributed by atoms with Crippen molar-refractivity contribution in [3.8, 4) is 0 Å². The molecule has 24 heavy (non-hydrogen) atoms. The zero-order valence-corrected chi connectivity index (χ0v) is 14.7. The van der Waals surface area contributed by atoms with E-state index in [1.165, 1.54) is 5.56 Å². The van der Waals surface area contributed by atoms with Gasteiger partial charge in [0.2, 0.25) is 5.91 Å². The second kappa shape index (κ2) is 7.93. The largest absolute Gasteiger partial charge is 0.326 e. The maximum absolute atomic E-state index is 12.1. The summed E-state index contributed by atoms with van der Waals surface area (Å²) in [6.07, 6.45) is 0. The van der Waals surface area contributed by atoms with Crippen molar-refractivity contribution in [1.82, 2.24) is 5.32 Å². The number of nitrogens with one attached hydrogen (secondary N) is 2. The van der Waals surface area contributed by atoms with E-state index in [0.717, 1.165) is 23.4 Å². The Morgan fingerprint density at radius 2 is 1.75 bits per heavy atom. The zero-order valence-electron chi connectivity index (χ0n) is 14.7. The van der Waals surface area contributed by atoms with Crippen LogP contribution >= 0.6 is 0 Å². The van der Waals surface area contributed by atoms with Crippen LogP contribution in [0.4, 0.5) is 5.69 Å². The van der Waals surface area contributed by atoms with Gasteiger partial charge in [0.05, 0.1) is 0 Å². The lowest BCUT2D eigenvalue weighted by molar-refractivity contribution is -0.123. The highest BCUT2D eigenvalue weighted by Crippen LogP contribution is 2.20. The molecule has 126 valence electrons. The van der Waals surface area contributed by atoms with Gasteiger partial charge < -0.3 is 10.6 Å². The van der Waals surface area contributed by atoms with Crippen LogP contribution in [0, 0.1) is 5.41 Å². The molecule has 0 heterocycles. The van der Waals surface area contributed by atoms with Crippen molar-refractivity contribution in [1.29, 1.82) is 0 Å². The topological polar surface area (TPSA) is 41.1 Å². The van der Waals surface area contributed by atoms with Crippen LogP contribution in [-0.2, 0) is 11.3 Å². The van der Waals surface area contributed by atoms with Crippen molar-refractivity contribution < 1.29 is 4.79 Å². The van der Waals surface area contributed by atoms with Crippen LogP contribution in [0.1, 0.15) is 31.9 Å². The molecular weight excluding hydrogens is 296 g/mol. The van der Waals surface area contributed by atoms with Crippen molar-refractivity contribution >= 4 is 17.2 Å². The first kappa shape index (κ1) is 18.0. The molecular formula is C21H26N2O. The van der Waals surface area contributed by atoms with Gasteiger partial charge in [-0.3, -0.25) is 4.79 Å². The second-order valence-electron chi connectivity index (χ2n) is 6.98. The van der Waals surface area contributed by atoms with Gasteiger partial charge in [0, 0.05) is 24.2 Å². The molecule has 0 spiro atoms. The standard InChI is InChI=1S/C21H26N2O/c1-16(14-22-15-17-9-6-5-7-10-17)18-11-8-12-19(13-18)23-20(24)21(2,3)4/h5-13,22H,1,14-15H2,2-4H3,(H,23,24). The molecule has 0 saturated carbocycles. The maximum atomic E-state index is 12.1. The predicted octanol–water partition coefficient (Wildman–Crippen LogP) is 4.47. The van der Waals surface area contributed by atoms with E-state index in [-0.39, 0.29) is 5.91 Å². The third kappa shape index (κ3) is 5.36. The lowest BCUT2D eigenvalue weighted by atomic mass is 9.95. The highest BCUT2D eigenvalue weighted by molar-refractivity contribution is 5.94. The average Bonchev–Trinajstić information content (AvgIpc) is 2.55. The van der Waals surface area contributed by atoms with Gasteiger partial charge in [-0.1, -0.05) is 69.8 Å². The Kier molecular flexibility index (Phi) is 5.93. The van der Waals surface area contributed by atoms with Crippen molar-refractivity contribution in [3.63, 3.8) is 0 Å². The molecule has 2 aromatic rings. The minimum atomic E-state index is -0.412. The minimum Gasteiger partial charge on any atom is -0.326 e. The number of benzene rings is 2. The molecule has 0 aliphatic carbocycles. The first-order valence-electron chi connectivity index (χ1n) is 8.20. The van der Waals surface area contributed by atoms with Crippen LogP contribution in [0.3, 0.4) is 0 Å². The van der Waals surface area contributed by atoms with Crippen LogP contribution in [-0.4, -0.2) is 12.5 Å². The summed E-state index contributed by atoms with van der Waals surface area (Å²) in [5.74, 6) is 0.00691. The molecule has 2 N–H and O–H groups in total. The van der Waals surface area contributed by atoms with Gasteiger partial charge >= 0.3 is 0 Å². The molecule has 0 unspecified atom stereocenters. The summed E-state index contributed by atoms with van der Waals surface area (Å²) in [6.45, 7) is 11.4. The Morgan fingerprint density at radius 1 is 1.04 bits per heavy atom. The van der Waals surface area contributed by atoms with E-state index >= 15 is 0 Å². The Hall–Kier alpha value is -2.39. The average molecular weight is 322 g/mol. The zero-order chi connectivity index (χ0) is 17.6. The van der Waals surface area contributed by atoms with Crippen molar-refractivity contribution in [2.45, 2.75) is 27.3 Å². The molecule has 0 saturated heterocycles. The molecule has 0 atom stereocenters. The Balaban J connectivity index is 1.92. The second-order valence-corrected chi connectivity index (χ2v) is 6.98. The Morgan fingerprint density at radius 3 is 2.42 bits per heavy atom. The van der Waals surface area contributed by atoms with E-state index in [1.807, 2.05) is 63.2 Å². The number of hydrogen-bond acceptors (Lipinski definition) is 2. The summed E-state index contributed by atoms with van der Waals surface area (Å²) in [7, 11) is 0. The highest BCUT2D eigenvalue weighted by Gasteiger charge is 2.21. The number of amides is 1. The van der Waals surface area contributed by atoms with E-state index < -0.39 is 5.41 Å². The van der Waals surface area contributed by atoms with Crippen LogP contribution < -0.4 is 10.6 Å². The SMILES string of the molecule is C=C(CNCc1ccccc1)c1cccc(NC(=O)C(C)(C)C)c1. The lowest BCUT2D eigenvalue weighted by Gasteiger charge is -2.18. The van der Waals surface area contributed by atoms with E-state index in [4.69, 9.17) is 0 Å². The molecule has 0 aromatic heterocycles. The highest BCUT2D eigenvalue weighted by atomic mass is 16.2. The van der Waals surface area contributed by atoms with E-state index in [1.54, 1.807) is 0 Å². The fourth-order valence-electron chi connectivity index (χ4n) is 2.19. The van der Waals surface area contributed by atoms with Crippen LogP contribution in [0.25, 0.3) is 5.57 Å². The molecule has 2 rings (SSSR count). The molecule has 0 aliphatic rings. The summed E-state index contributed by atoms with van der Waals surface area (Å²) in [4.78, 5) is 12.1. The molecule has 0 aliphatic heterocycles. The summed E-state index contributed by atoms with van der Waals surface area (Å²) in [5.41, 5.74) is 3.66. The number of carbonyl (C=O) groups excluding carboxylic acids is 1. The van der Waals surface area contributed by atoms with E-state index in [9.17, 15) is 4.79 Å². The third-order valence-electron chi connectivity index (χ3n) is 3.72. The fraction of sp³-hybridized carbons (Fsp3) is 0.286. The summed E-state index contributed by atoms with van der Waals surface area (Å²) in [5, 5.41) is 6.36. The maximum Gasteiger partial charge on any atom is 0.229 e. The van der Waals surface area contributed by atoms with E-state index in [2.05, 4.69) is 29.3 Å². The molecule has 0 fully saturated rings. The molecule has 0 radical (unpaired) electrons. The van der Waals surface area contributed by atoms with Crippen LogP contribution in [0.5, 0.6) is 0 Å². The molecule has 0 bridgehead atoms. The predicted molar refractivity (Wildman–Crippen MR) is 102 cm³/mol. The fourth-order valence-corrected chi connectivity index (χ4v) is 2.19. The number of carbonyl (C=O) groups is 1. The lowest BCUT2D eigenvalue weighted by Crippen LogP contribution is -2.27. The van der Waals surface area contributed by atoms with Crippen molar-refractivity contribution in [3.05, 3.63) is 72.3 Å². The van der Waals surface area contributed by atoms with Crippen LogP contribution in [0.2, 0.25) is 0 Å². The van der Waals surface area contributed by atoms with Gasteiger partial charge in [-0.25, -0.2) is 0 Å².